The number of anilines is 1. The normalized spacial score (nSPS) is 17.1. The van der Waals surface area contributed by atoms with E-state index in [1.807, 2.05) is 0 Å². The van der Waals surface area contributed by atoms with E-state index in [4.69, 9.17) is 25.6 Å². The van der Waals surface area contributed by atoms with Crippen molar-refractivity contribution in [1.29, 1.82) is 0 Å². The van der Waals surface area contributed by atoms with Crippen molar-refractivity contribution < 1.29 is 28.7 Å². The second kappa shape index (κ2) is 10.2. The molecule has 1 aliphatic heterocycles. The maximum Gasteiger partial charge on any atom is 0.301 e. The molecule has 1 atom stereocenters. The van der Waals surface area contributed by atoms with Crippen molar-refractivity contribution >= 4 is 34.9 Å². The molecule has 1 N–H and O–H groups in total. The highest BCUT2D eigenvalue weighted by Crippen LogP contribution is 2.44. The second-order valence-electron chi connectivity index (χ2n) is 8.08. The molecule has 9 heteroatoms. The summed E-state index contributed by atoms with van der Waals surface area (Å²) in [4.78, 5) is 27.6. The van der Waals surface area contributed by atoms with Crippen LogP contribution in [-0.4, -0.2) is 35.7 Å². The highest BCUT2D eigenvalue weighted by molar-refractivity contribution is 6.51. The third-order valence-electron chi connectivity index (χ3n) is 5.68. The lowest BCUT2D eigenvalue weighted by Gasteiger charge is -2.23. The zero-order valence-electron chi connectivity index (χ0n) is 19.6. The monoisotopic (exact) mass is 496 g/mol. The summed E-state index contributed by atoms with van der Waals surface area (Å²) in [5.74, 6) is -0.396. The number of ketones is 1. The smallest absolute Gasteiger partial charge is 0.301 e. The maximum atomic E-state index is 13.2. The summed E-state index contributed by atoms with van der Waals surface area (Å²) < 4.78 is 16.5. The summed E-state index contributed by atoms with van der Waals surface area (Å²) in [5.41, 5.74) is 0.792. The molecule has 0 saturated carbocycles. The maximum absolute atomic E-state index is 13.2. The molecule has 1 aliphatic rings. The number of rotatable bonds is 8. The van der Waals surface area contributed by atoms with Gasteiger partial charge in [-0.2, -0.15) is 0 Å². The standard InChI is InChI=1S/C26H25ClN2O6/c1-4-5-12-34-19-11-8-17(14-20(19)33-3)23-22(24(30)16-6-9-18(27)10-7-16)25(31)26(32)29(23)21-13-15(2)35-28-21/h6-11,13-14,23,30H,4-5,12H2,1-3H3/b24-22+/t23-/m0/s1. The van der Waals surface area contributed by atoms with E-state index >= 15 is 0 Å². The number of benzene rings is 2. The first-order valence-electron chi connectivity index (χ1n) is 11.2. The highest BCUT2D eigenvalue weighted by Gasteiger charge is 2.48. The molecular formula is C26H25ClN2O6. The van der Waals surface area contributed by atoms with Crippen LogP contribution in [0.15, 0.2) is 58.6 Å². The van der Waals surface area contributed by atoms with Gasteiger partial charge >= 0.3 is 5.91 Å². The predicted octanol–water partition coefficient (Wildman–Crippen LogP) is 5.45. The highest BCUT2D eigenvalue weighted by atomic mass is 35.5. The molecule has 0 aliphatic carbocycles. The number of aromatic nitrogens is 1. The van der Waals surface area contributed by atoms with Crippen LogP contribution < -0.4 is 14.4 Å². The van der Waals surface area contributed by atoms with Crippen molar-refractivity contribution in [2.75, 3.05) is 18.6 Å². The Morgan fingerprint density at radius 1 is 1.14 bits per heavy atom. The number of aliphatic hydroxyl groups excluding tert-OH is 1. The van der Waals surface area contributed by atoms with Gasteiger partial charge < -0.3 is 19.1 Å². The Hall–Kier alpha value is -3.78. The average molecular weight is 497 g/mol. The van der Waals surface area contributed by atoms with Crippen LogP contribution in [0.1, 0.15) is 42.7 Å². The molecule has 2 aromatic carbocycles. The van der Waals surface area contributed by atoms with Gasteiger partial charge in [-0.25, -0.2) is 0 Å². The fraction of sp³-hybridized carbons (Fsp3) is 0.269. The Labute approximate surface area is 207 Å². The molecule has 1 saturated heterocycles. The Bertz CT molecular complexity index is 1280. The van der Waals surface area contributed by atoms with E-state index < -0.39 is 17.7 Å². The number of methoxy groups -OCH3 is 1. The largest absolute Gasteiger partial charge is 0.507 e. The number of halogens is 1. The molecule has 0 radical (unpaired) electrons. The molecule has 0 unspecified atom stereocenters. The van der Waals surface area contributed by atoms with Gasteiger partial charge in [0.2, 0.25) is 0 Å². The number of amides is 1. The van der Waals surface area contributed by atoms with E-state index in [0.717, 1.165) is 12.8 Å². The number of hydrogen-bond donors (Lipinski definition) is 1. The number of aryl methyl sites for hydroxylation is 1. The van der Waals surface area contributed by atoms with E-state index in [1.165, 1.54) is 12.0 Å². The molecule has 3 aromatic rings. The van der Waals surface area contributed by atoms with Crippen molar-refractivity contribution in [3.05, 3.63) is 76.0 Å². The Kier molecular flexibility index (Phi) is 7.12. The van der Waals surface area contributed by atoms with Crippen molar-refractivity contribution in [2.24, 2.45) is 0 Å². The Balaban J connectivity index is 1.87. The van der Waals surface area contributed by atoms with Gasteiger partial charge in [0.1, 0.15) is 11.5 Å². The lowest BCUT2D eigenvalue weighted by Crippen LogP contribution is -2.29. The average Bonchev–Trinajstić information content (AvgIpc) is 3.39. The number of unbranched alkanes of at least 4 members (excludes halogenated alkanes) is 1. The Morgan fingerprint density at radius 3 is 2.51 bits per heavy atom. The van der Waals surface area contributed by atoms with Crippen LogP contribution in [0, 0.1) is 6.92 Å². The van der Waals surface area contributed by atoms with Crippen LogP contribution in [-0.2, 0) is 9.59 Å². The van der Waals surface area contributed by atoms with Crippen LogP contribution in [0.3, 0.4) is 0 Å². The SMILES string of the molecule is CCCCOc1ccc([C@H]2/C(=C(\O)c3ccc(Cl)cc3)C(=O)C(=O)N2c2cc(C)on2)cc1OC. The zero-order valence-corrected chi connectivity index (χ0v) is 20.3. The molecular weight excluding hydrogens is 472 g/mol. The first kappa shape index (κ1) is 24.3. The van der Waals surface area contributed by atoms with E-state index in [-0.39, 0.29) is 17.2 Å². The Morgan fingerprint density at radius 2 is 1.89 bits per heavy atom. The first-order chi connectivity index (χ1) is 16.8. The minimum absolute atomic E-state index is 0.0836. The first-order valence-corrected chi connectivity index (χ1v) is 11.5. The van der Waals surface area contributed by atoms with Gasteiger partial charge in [-0.05, 0) is 55.3 Å². The molecule has 1 amide bonds. The van der Waals surface area contributed by atoms with Crippen molar-refractivity contribution in [3.63, 3.8) is 0 Å². The van der Waals surface area contributed by atoms with E-state index in [0.29, 0.717) is 40.0 Å². The minimum atomic E-state index is -0.978. The lowest BCUT2D eigenvalue weighted by molar-refractivity contribution is -0.132. The number of Topliss-reactive ketones (excluding diaryl/α,β-unsaturated/α-hetero) is 1. The molecule has 35 heavy (non-hydrogen) atoms. The molecule has 1 aromatic heterocycles. The van der Waals surface area contributed by atoms with Crippen LogP contribution in [0.25, 0.3) is 5.76 Å². The van der Waals surface area contributed by atoms with Crippen LogP contribution in [0.4, 0.5) is 5.82 Å². The zero-order chi connectivity index (χ0) is 25.1. The molecule has 1 fully saturated rings. The van der Waals surface area contributed by atoms with Crippen LogP contribution >= 0.6 is 11.6 Å². The summed E-state index contributed by atoms with van der Waals surface area (Å²) in [7, 11) is 1.51. The van der Waals surface area contributed by atoms with Gasteiger partial charge in [0.05, 0.1) is 25.3 Å². The predicted molar refractivity (Wildman–Crippen MR) is 131 cm³/mol. The minimum Gasteiger partial charge on any atom is -0.507 e. The van der Waals surface area contributed by atoms with Gasteiger partial charge in [0.25, 0.3) is 5.78 Å². The summed E-state index contributed by atoms with van der Waals surface area (Å²) in [6.45, 7) is 4.28. The van der Waals surface area contributed by atoms with E-state index in [1.54, 1.807) is 55.5 Å². The summed E-state index contributed by atoms with van der Waals surface area (Å²) in [6, 6.07) is 12.1. The second-order valence-corrected chi connectivity index (χ2v) is 8.52. The fourth-order valence-corrected chi connectivity index (χ4v) is 4.04. The summed E-state index contributed by atoms with van der Waals surface area (Å²) in [5, 5.41) is 15.6. The van der Waals surface area contributed by atoms with Crippen molar-refractivity contribution in [2.45, 2.75) is 32.7 Å². The summed E-state index contributed by atoms with van der Waals surface area (Å²) in [6.07, 6.45) is 1.87. The molecule has 0 spiro atoms. The molecule has 0 bridgehead atoms. The fourth-order valence-electron chi connectivity index (χ4n) is 3.91. The summed E-state index contributed by atoms with van der Waals surface area (Å²) >= 11 is 5.98. The number of ether oxygens (including phenoxy) is 2. The van der Waals surface area contributed by atoms with Crippen molar-refractivity contribution in [3.8, 4) is 11.5 Å². The van der Waals surface area contributed by atoms with E-state index in [2.05, 4.69) is 12.1 Å². The number of nitrogens with zero attached hydrogens (tertiary/aromatic N) is 2. The molecule has 2 heterocycles. The third-order valence-corrected chi connectivity index (χ3v) is 5.94. The van der Waals surface area contributed by atoms with Crippen molar-refractivity contribution in [1.82, 2.24) is 5.16 Å². The van der Waals surface area contributed by atoms with Gasteiger partial charge in [0, 0.05) is 16.7 Å². The van der Waals surface area contributed by atoms with Gasteiger partial charge in [-0.3, -0.25) is 14.5 Å². The van der Waals surface area contributed by atoms with Gasteiger partial charge in [-0.1, -0.05) is 36.2 Å². The number of hydrogen-bond acceptors (Lipinski definition) is 7. The number of carbonyl (C=O) groups is 2. The molecule has 4 rings (SSSR count). The quantitative estimate of drug-likeness (QED) is 0.191. The van der Waals surface area contributed by atoms with Crippen LogP contribution in [0.2, 0.25) is 5.02 Å². The van der Waals surface area contributed by atoms with Crippen LogP contribution in [0.5, 0.6) is 11.5 Å². The number of aliphatic hydroxyl groups is 1. The third kappa shape index (κ3) is 4.74. The van der Waals surface area contributed by atoms with Gasteiger partial charge in [-0.15, -0.1) is 0 Å². The molecule has 182 valence electrons. The lowest BCUT2D eigenvalue weighted by atomic mass is 9.95. The van der Waals surface area contributed by atoms with E-state index in [9.17, 15) is 14.7 Å². The van der Waals surface area contributed by atoms with Gasteiger partial charge in [0.15, 0.2) is 17.3 Å². The topological polar surface area (TPSA) is 102 Å². The number of carbonyl (C=O) groups excluding carboxylic acids is 2. The molecule has 8 nitrogen and oxygen atoms in total.